The predicted molar refractivity (Wildman–Crippen MR) is 97.1 cm³/mol. The first-order valence-electron chi connectivity index (χ1n) is 8.20. The van der Waals surface area contributed by atoms with Crippen molar-refractivity contribution in [3.05, 3.63) is 59.7 Å². The molecule has 26 heavy (non-hydrogen) atoms. The molecule has 0 N–H and O–H groups in total. The lowest BCUT2D eigenvalue weighted by atomic mass is 10.1. The van der Waals surface area contributed by atoms with Crippen molar-refractivity contribution in [1.29, 1.82) is 0 Å². The summed E-state index contributed by atoms with van der Waals surface area (Å²) in [5.74, 6) is 0.345. The fourth-order valence-electron chi connectivity index (χ4n) is 2.24. The number of aryl methyl sites for hydroxylation is 1. The molecule has 2 aromatic carbocycles. The maximum atomic E-state index is 12.1. The third kappa shape index (κ3) is 5.81. The van der Waals surface area contributed by atoms with Gasteiger partial charge in [-0.15, -0.1) is 0 Å². The van der Waals surface area contributed by atoms with Crippen LogP contribution < -0.4 is 9.47 Å². The summed E-state index contributed by atoms with van der Waals surface area (Å²) in [6.45, 7) is 1.88. The molecule has 0 aromatic heterocycles. The lowest BCUT2D eigenvalue weighted by Gasteiger charge is -2.18. The summed E-state index contributed by atoms with van der Waals surface area (Å²) in [6.07, 6.45) is 0. The number of amides is 1. The van der Waals surface area contributed by atoms with E-state index in [9.17, 15) is 9.59 Å². The Morgan fingerprint density at radius 2 is 1.62 bits per heavy atom. The third-order valence-corrected chi connectivity index (χ3v) is 3.87. The molecule has 0 saturated heterocycles. The molecule has 6 heteroatoms. The van der Waals surface area contributed by atoms with Crippen molar-refractivity contribution in [3.63, 3.8) is 0 Å². The Hall–Kier alpha value is -3.02. The number of ether oxygens (including phenoxy) is 3. The quantitative estimate of drug-likeness (QED) is 0.680. The zero-order valence-electron chi connectivity index (χ0n) is 15.2. The minimum absolute atomic E-state index is 0.263. The van der Waals surface area contributed by atoms with Crippen LogP contribution in [0.2, 0.25) is 0 Å². The number of benzene rings is 2. The molecule has 6 nitrogen and oxygen atoms in total. The van der Waals surface area contributed by atoms with Gasteiger partial charge in [-0.25, -0.2) is 4.79 Å². The minimum atomic E-state index is -0.599. The second kappa shape index (κ2) is 9.46. The number of rotatable bonds is 8. The molecular formula is C20H23NO5. The Morgan fingerprint density at radius 3 is 2.27 bits per heavy atom. The van der Waals surface area contributed by atoms with Crippen molar-refractivity contribution >= 4 is 11.9 Å². The molecule has 0 bridgehead atoms. The minimum Gasteiger partial charge on any atom is -0.497 e. The van der Waals surface area contributed by atoms with E-state index in [1.54, 1.807) is 38.4 Å². The van der Waals surface area contributed by atoms with Gasteiger partial charge in [0.2, 0.25) is 0 Å². The summed E-state index contributed by atoms with van der Waals surface area (Å²) in [7, 11) is 3.25. The van der Waals surface area contributed by atoms with Gasteiger partial charge in [-0.3, -0.25) is 4.79 Å². The SMILES string of the molecule is COc1ccc(OCC(=O)OCC(=O)N(C)Cc2ccccc2C)cc1. The van der Waals surface area contributed by atoms with E-state index in [1.807, 2.05) is 31.2 Å². The Balaban J connectivity index is 1.73. The van der Waals surface area contributed by atoms with Crippen LogP contribution in [-0.2, 0) is 20.9 Å². The van der Waals surface area contributed by atoms with Crippen LogP contribution in [-0.4, -0.2) is 44.1 Å². The fraction of sp³-hybridized carbons (Fsp3) is 0.300. The summed E-state index contributed by atoms with van der Waals surface area (Å²) in [5, 5.41) is 0. The molecule has 0 aliphatic carbocycles. The highest BCUT2D eigenvalue weighted by Crippen LogP contribution is 2.16. The van der Waals surface area contributed by atoms with Gasteiger partial charge >= 0.3 is 5.97 Å². The molecule has 2 rings (SSSR count). The van der Waals surface area contributed by atoms with Crippen LogP contribution in [0.25, 0.3) is 0 Å². The van der Waals surface area contributed by atoms with Gasteiger partial charge in [-0.1, -0.05) is 24.3 Å². The van der Waals surface area contributed by atoms with Crippen molar-refractivity contribution in [1.82, 2.24) is 4.90 Å². The highest BCUT2D eigenvalue weighted by Gasteiger charge is 2.13. The fourth-order valence-corrected chi connectivity index (χ4v) is 2.24. The van der Waals surface area contributed by atoms with Gasteiger partial charge in [-0.05, 0) is 42.3 Å². The van der Waals surface area contributed by atoms with Crippen LogP contribution >= 0.6 is 0 Å². The van der Waals surface area contributed by atoms with Crippen molar-refractivity contribution in [2.45, 2.75) is 13.5 Å². The molecule has 1 amide bonds. The predicted octanol–water partition coefficient (Wildman–Crippen LogP) is 2.58. The highest BCUT2D eigenvalue weighted by molar-refractivity contribution is 5.80. The van der Waals surface area contributed by atoms with Crippen LogP contribution in [0.3, 0.4) is 0 Å². The van der Waals surface area contributed by atoms with Gasteiger partial charge in [0.15, 0.2) is 13.2 Å². The molecule has 0 spiro atoms. The number of likely N-dealkylation sites (N-methyl/N-ethyl adjacent to an activating group) is 1. The maximum Gasteiger partial charge on any atom is 0.344 e. The number of hydrogen-bond donors (Lipinski definition) is 0. The zero-order valence-corrected chi connectivity index (χ0v) is 15.2. The van der Waals surface area contributed by atoms with Crippen LogP contribution in [0, 0.1) is 6.92 Å². The number of carbonyl (C=O) groups is 2. The van der Waals surface area contributed by atoms with Crippen LogP contribution in [0.4, 0.5) is 0 Å². The first-order chi connectivity index (χ1) is 12.5. The first-order valence-corrected chi connectivity index (χ1v) is 8.20. The van der Waals surface area contributed by atoms with E-state index in [2.05, 4.69) is 0 Å². The van der Waals surface area contributed by atoms with Gasteiger partial charge in [-0.2, -0.15) is 0 Å². The highest BCUT2D eigenvalue weighted by atomic mass is 16.6. The Labute approximate surface area is 153 Å². The van der Waals surface area contributed by atoms with E-state index < -0.39 is 5.97 Å². The van der Waals surface area contributed by atoms with E-state index >= 15 is 0 Å². The summed E-state index contributed by atoms with van der Waals surface area (Å²) < 4.78 is 15.3. The number of hydrogen-bond acceptors (Lipinski definition) is 5. The summed E-state index contributed by atoms with van der Waals surface area (Å²) in [4.78, 5) is 25.4. The number of esters is 1. The Kier molecular flexibility index (Phi) is 7.02. The third-order valence-electron chi connectivity index (χ3n) is 3.87. The van der Waals surface area contributed by atoms with E-state index in [0.717, 1.165) is 11.1 Å². The maximum absolute atomic E-state index is 12.1. The van der Waals surface area contributed by atoms with Gasteiger partial charge < -0.3 is 19.1 Å². The van der Waals surface area contributed by atoms with Crippen LogP contribution in [0.1, 0.15) is 11.1 Å². The monoisotopic (exact) mass is 357 g/mol. The largest absolute Gasteiger partial charge is 0.497 e. The normalized spacial score (nSPS) is 10.1. The number of carbonyl (C=O) groups excluding carboxylic acids is 2. The second-order valence-corrected chi connectivity index (χ2v) is 5.80. The summed E-state index contributed by atoms with van der Waals surface area (Å²) >= 11 is 0. The van der Waals surface area contributed by atoms with Crippen molar-refractivity contribution in [2.24, 2.45) is 0 Å². The zero-order chi connectivity index (χ0) is 18.9. The van der Waals surface area contributed by atoms with E-state index in [1.165, 1.54) is 4.90 Å². The van der Waals surface area contributed by atoms with Gasteiger partial charge in [0.25, 0.3) is 5.91 Å². The van der Waals surface area contributed by atoms with E-state index in [-0.39, 0.29) is 19.1 Å². The molecule has 0 aliphatic heterocycles. The Morgan fingerprint density at radius 1 is 0.962 bits per heavy atom. The average Bonchev–Trinajstić information content (AvgIpc) is 2.66. The van der Waals surface area contributed by atoms with Crippen molar-refractivity contribution < 1.29 is 23.8 Å². The van der Waals surface area contributed by atoms with E-state index in [0.29, 0.717) is 18.0 Å². The molecule has 0 fully saturated rings. The van der Waals surface area contributed by atoms with Crippen molar-refractivity contribution in [3.8, 4) is 11.5 Å². The second-order valence-electron chi connectivity index (χ2n) is 5.80. The average molecular weight is 357 g/mol. The smallest absolute Gasteiger partial charge is 0.344 e. The van der Waals surface area contributed by atoms with E-state index in [4.69, 9.17) is 14.2 Å². The number of nitrogens with zero attached hydrogens (tertiary/aromatic N) is 1. The molecule has 0 saturated carbocycles. The van der Waals surface area contributed by atoms with Gasteiger partial charge in [0.1, 0.15) is 11.5 Å². The van der Waals surface area contributed by atoms with Gasteiger partial charge in [0, 0.05) is 13.6 Å². The molecule has 0 unspecified atom stereocenters. The molecule has 0 radical (unpaired) electrons. The topological polar surface area (TPSA) is 65.1 Å². The summed E-state index contributed by atoms with van der Waals surface area (Å²) in [5.41, 5.74) is 2.16. The standard InChI is InChI=1S/C20H23NO5/c1-15-6-4-5-7-16(15)12-21(2)19(22)13-26-20(23)14-25-18-10-8-17(24-3)9-11-18/h4-11H,12-14H2,1-3H3. The van der Waals surface area contributed by atoms with Crippen LogP contribution in [0.15, 0.2) is 48.5 Å². The lowest BCUT2D eigenvalue weighted by Crippen LogP contribution is -2.31. The molecule has 0 heterocycles. The molecular weight excluding hydrogens is 334 g/mol. The number of methoxy groups -OCH3 is 1. The molecule has 0 atom stereocenters. The summed E-state index contributed by atoms with van der Waals surface area (Å²) in [6, 6.07) is 14.7. The van der Waals surface area contributed by atoms with Crippen LogP contribution in [0.5, 0.6) is 11.5 Å². The molecule has 2 aromatic rings. The van der Waals surface area contributed by atoms with Gasteiger partial charge in [0.05, 0.1) is 7.11 Å². The first kappa shape index (κ1) is 19.3. The lowest BCUT2D eigenvalue weighted by molar-refractivity contribution is -0.153. The molecule has 0 aliphatic rings. The Bertz CT molecular complexity index is 742. The molecule has 138 valence electrons. The van der Waals surface area contributed by atoms with Crippen molar-refractivity contribution in [2.75, 3.05) is 27.4 Å².